The molecule has 2 unspecified atom stereocenters. The summed E-state index contributed by atoms with van der Waals surface area (Å²) in [5, 5.41) is 0. The first-order valence-corrected chi connectivity index (χ1v) is 6.69. The van der Waals surface area contributed by atoms with Gasteiger partial charge < -0.3 is 0 Å². The van der Waals surface area contributed by atoms with Crippen molar-refractivity contribution in [2.45, 2.75) is 39.3 Å². The molecule has 0 aliphatic carbocycles. The van der Waals surface area contributed by atoms with Crippen molar-refractivity contribution in [1.29, 1.82) is 0 Å². The normalized spacial score (nSPS) is 28.2. The van der Waals surface area contributed by atoms with Gasteiger partial charge in [-0.3, -0.25) is 4.90 Å². The third-order valence-electron chi connectivity index (χ3n) is 3.13. The van der Waals surface area contributed by atoms with Crippen molar-refractivity contribution in [2.24, 2.45) is 5.92 Å². The Kier molecular flexibility index (Phi) is 3.65. The zero-order valence-electron chi connectivity index (χ0n) is 9.24. The van der Waals surface area contributed by atoms with Crippen molar-refractivity contribution in [3.63, 3.8) is 0 Å². The fraction of sp³-hybridized carbons (Fsp3) is 0.727. The summed E-state index contributed by atoms with van der Waals surface area (Å²) in [5.74, 6) is 0.824. The molecule has 1 aromatic heterocycles. The lowest BCUT2D eigenvalue weighted by atomic mass is 9.95. The average Bonchev–Trinajstić information content (AvgIpc) is 2.58. The largest absolute Gasteiger partial charge is 0.295 e. The zero-order chi connectivity index (χ0) is 10.8. The summed E-state index contributed by atoms with van der Waals surface area (Å²) in [7, 11) is 0. The second-order valence-corrected chi connectivity index (χ2v) is 6.24. The van der Waals surface area contributed by atoms with Gasteiger partial charge >= 0.3 is 0 Å². The van der Waals surface area contributed by atoms with Gasteiger partial charge in [-0.25, -0.2) is 4.98 Å². The van der Waals surface area contributed by atoms with E-state index in [4.69, 9.17) is 11.6 Å². The van der Waals surface area contributed by atoms with Crippen molar-refractivity contribution in [2.75, 3.05) is 6.54 Å². The first kappa shape index (κ1) is 11.4. The van der Waals surface area contributed by atoms with E-state index in [1.807, 2.05) is 6.20 Å². The van der Waals surface area contributed by atoms with Crippen LogP contribution < -0.4 is 0 Å². The lowest BCUT2D eigenvalue weighted by Gasteiger charge is -2.36. The minimum atomic E-state index is 0.655. The van der Waals surface area contributed by atoms with E-state index < -0.39 is 0 Å². The fourth-order valence-corrected chi connectivity index (χ4v) is 3.16. The summed E-state index contributed by atoms with van der Waals surface area (Å²) >= 11 is 7.43. The van der Waals surface area contributed by atoms with Gasteiger partial charge in [0.25, 0.3) is 0 Å². The van der Waals surface area contributed by atoms with Crippen LogP contribution in [-0.4, -0.2) is 22.5 Å². The molecule has 4 heteroatoms. The van der Waals surface area contributed by atoms with Gasteiger partial charge in [0.05, 0.1) is 0 Å². The Labute approximate surface area is 100 Å². The molecule has 15 heavy (non-hydrogen) atoms. The van der Waals surface area contributed by atoms with E-state index in [9.17, 15) is 0 Å². The van der Waals surface area contributed by atoms with E-state index in [1.165, 1.54) is 24.3 Å². The molecule has 84 valence electrons. The van der Waals surface area contributed by atoms with Gasteiger partial charge in [-0.05, 0) is 25.7 Å². The smallest absolute Gasteiger partial charge is 0.183 e. The Bertz CT molecular complexity index is 326. The highest BCUT2D eigenvalue weighted by Crippen LogP contribution is 2.25. The number of piperidine rings is 1. The molecule has 0 aromatic carbocycles. The van der Waals surface area contributed by atoms with Crippen molar-refractivity contribution >= 4 is 22.9 Å². The Morgan fingerprint density at radius 1 is 1.53 bits per heavy atom. The highest BCUT2D eigenvalue weighted by atomic mass is 35.5. The van der Waals surface area contributed by atoms with Crippen LogP contribution in [0.1, 0.15) is 31.6 Å². The van der Waals surface area contributed by atoms with Crippen molar-refractivity contribution in [3.8, 4) is 0 Å². The van der Waals surface area contributed by atoms with E-state index in [1.54, 1.807) is 11.3 Å². The summed E-state index contributed by atoms with van der Waals surface area (Å²) in [4.78, 5) is 7.90. The number of nitrogens with zero attached hydrogens (tertiary/aromatic N) is 2. The molecule has 2 heterocycles. The third-order valence-corrected chi connectivity index (χ3v) is 4.23. The van der Waals surface area contributed by atoms with Crippen LogP contribution in [0.15, 0.2) is 6.20 Å². The zero-order valence-corrected chi connectivity index (χ0v) is 10.8. The maximum absolute atomic E-state index is 5.83. The molecule has 2 rings (SSSR count). The van der Waals surface area contributed by atoms with Crippen LogP contribution in [0, 0.1) is 5.92 Å². The van der Waals surface area contributed by atoms with Crippen LogP contribution in [0.3, 0.4) is 0 Å². The third kappa shape index (κ3) is 2.92. The Morgan fingerprint density at radius 2 is 2.33 bits per heavy atom. The van der Waals surface area contributed by atoms with E-state index in [0.717, 1.165) is 12.5 Å². The number of rotatable bonds is 2. The number of likely N-dealkylation sites (tertiary alicyclic amines) is 1. The molecule has 0 bridgehead atoms. The first-order valence-electron chi connectivity index (χ1n) is 5.49. The number of thiazole rings is 1. The van der Waals surface area contributed by atoms with Gasteiger partial charge in [-0.1, -0.05) is 18.5 Å². The number of hydrogen-bond donors (Lipinski definition) is 0. The number of aromatic nitrogens is 1. The van der Waals surface area contributed by atoms with E-state index >= 15 is 0 Å². The van der Waals surface area contributed by atoms with E-state index in [2.05, 4.69) is 23.7 Å². The SMILES string of the molecule is CC1CCC(C)N(Cc2cnc(Cl)s2)C1. The average molecular weight is 245 g/mol. The first-order chi connectivity index (χ1) is 7.15. The van der Waals surface area contributed by atoms with Crippen LogP contribution in [-0.2, 0) is 6.54 Å². The van der Waals surface area contributed by atoms with Crippen LogP contribution in [0.5, 0.6) is 0 Å². The van der Waals surface area contributed by atoms with Gasteiger partial charge in [-0.15, -0.1) is 11.3 Å². The van der Waals surface area contributed by atoms with Gasteiger partial charge in [0.15, 0.2) is 4.47 Å². The molecule has 0 N–H and O–H groups in total. The molecule has 2 nitrogen and oxygen atoms in total. The van der Waals surface area contributed by atoms with Crippen LogP contribution in [0.25, 0.3) is 0 Å². The fourth-order valence-electron chi connectivity index (χ4n) is 2.16. The Balaban J connectivity index is 1.98. The molecule has 1 fully saturated rings. The molecule has 1 aliphatic heterocycles. The standard InChI is InChI=1S/C11H17ClN2S/c1-8-3-4-9(2)14(6-8)7-10-5-13-11(12)15-10/h5,8-9H,3-4,6-7H2,1-2H3. The highest BCUT2D eigenvalue weighted by Gasteiger charge is 2.23. The topological polar surface area (TPSA) is 16.1 Å². The minimum absolute atomic E-state index is 0.655. The van der Waals surface area contributed by atoms with E-state index in [0.29, 0.717) is 10.5 Å². The minimum Gasteiger partial charge on any atom is -0.295 e. The molecule has 0 amide bonds. The molecule has 0 radical (unpaired) electrons. The summed E-state index contributed by atoms with van der Waals surface area (Å²) in [6.07, 6.45) is 4.58. The molecular weight excluding hydrogens is 228 g/mol. The molecule has 1 aromatic rings. The predicted molar refractivity (Wildman–Crippen MR) is 65.4 cm³/mol. The summed E-state index contributed by atoms with van der Waals surface area (Å²) in [6.45, 7) is 6.86. The molecule has 0 saturated carbocycles. The van der Waals surface area contributed by atoms with Gasteiger partial charge in [0, 0.05) is 30.2 Å². The summed E-state index contributed by atoms with van der Waals surface area (Å²) in [6, 6.07) is 0.696. The Hall–Kier alpha value is -0.120. The molecular formula is C11H17ClN2S. The van der Waals surface area contributed by atoms with Crippen LogP contribution in [0.4, 0.5) is 0 Å². The quantitative estimate of drug-likeness (QED) is 0.793. The van der Waals surface area contributed by atoms with E-state index in [-0.39, 0.29) is 0 Å². The summed E-state index contributed by atoms with van der Waals surface area (Å²) < 4.78 is 0.655. The van der Waals surface area contributed by atoms with Gasteiger partial charge in [-0.2, -0.15) is 0 Å². The maximum atomic E-state index is 5.83. The van der Waals surface area contributed by atoms with Crippen LogP contribution in [0.2, 0.25) is 4.47 Å². The Morgan fingerprint density at radius 3 is 3.00 bits per heavy atom. The summed E-state index contributed by atoms with van der Waals surface area (Å²) in [5.41, 5.74) is 0. The van der Waals surface area contributed by atoms with Crippen LogP contribution >= 0.6 is 22.9 Å². The predicted octanol–water partition coefficient (Wildman–Crippen LogP) is 3.42. The number of halogens is 1. The molecule has 1 saturated heterocycles. The highest BCUT2D eigenvalue weighted by molar-refractivity contribution is 7.15. The van der Waals surface area contributed by atoms with Crippen molar-refractivity contribution < 1.29 is 0 Å². The lowest BCUT2D eigenvalue weighted by Crippen LogP contribution is -2.40. The molecule has 0 spiro atoms. The number of hydrogen-bond acceptors (Lipinski definition) is 3. The van der Waals surface area contributed by atoms with Crippen molar-refractivity contribution in [3.05, 3.63) is 15.5 Å². The second kappa shape index (κ2) is 4.81. The van der Waals surface area contributed by atoms with Gasteiger partial charge in [0.1, 0.15) is 0 Å². The van der Waals surface area contributed by atoms with Crippen molar-refractivity contribution in [1.82, 2.24) is 9.88 Å². The molecule has 1 aliphatic rings. The monoisotopic (exact) mass is 244 g/mol. The lowest BCUT2D eigenvalue weighted by molar-refractivity contribution is 0.118. The van der Waals surface area contributed by atoms with Gasteiger partial charge in [0.2, 0.25) is 0 Å². The second-order valence-electron chi connectivity index (χ2n) is 4.54. The molecule has 2 atom stereocenters. The maximum Gasteiger partial charge on any atom is 0.183 e.